The van der Waals surface area contributed by atoms with Crippen LogP contribution in [0.25, 0.3) is 10.8 Å². The highest BCUT2D eigenvalue weighted by molar-refractivity contribution is 7.89. The summed E-state index contributed by atoms with van der Waals surface area (Å²) in [5.41, 5.74) is 1.15. The van der Waals surface area contributed by atoms with Crippen molar-refractivity contribution in [3.8, 4) is 0 Å². The number of hydrogen-bond donors (Lipinski definition) is 2. The molecule has 0 aliphatic carbocycles. The number of fused-ring (bicyclic) bond motifs is 1. The van der Waals surface area contributed by atoms with Crippen LogP contribution in [0.1, 0.15) is 6.42 Å². The molecule has 1 aliphatic heterocycles. The number of carbonyl (C=O) groups excluding carboxylic acids is 1. The minimum Gasteiger partial charge on any atom is -0.369 e. The molecule has 0 unspecified atom stereocenters. The molecule has 0 radical (unpaired) electrons. The summed E-state index contributed by atoms with van der Waals surface area (Å²) in [6.07, 6.45) is 4.10. The van der Waals surface area contributed by atoms with E-state index in [1.807, 2.05) is 36.4 Å². The summed E-state index contributed by atoms with van der Waals surface area (Å²) in [6, 6.07) is 16.7. The van der Waals surface area contributed by atoms with Gasteiger partial charge in [0.05, 0.1) is 11.4 Å². The molecule has 1 amide bonds. The first-order chi connectivity index (χ1) is 16.0. The molecule has 2 heterocycles. The number of rotatable bonds is 9. The Hall–Kier alpha value is -3.01. The Kier molecular flexibility index (Phi) is 7.54. The van der Waals surface area contributed by atoms with Crippen LogP contribution in [0.2, 0.25) is 0 Å². The minimum absolute atomic E-state index is 0.0373. The summed E-state index contributed by atoms with van der Waals surface area (Å²) in [4.78, 5) is 21.0. The molecule has 2 aromatic carbocycles. The zero-order valence-corrected chi connectivity index (χ0v) is 19.3. The van der Waals surface area contributed by atoms with Crippen molar-refractivity contribution in [1.82, 2.24) is 19.9 Å². The van der Waals surface area contributed by atoms with Gasteiger partial charge in [-0.2, -0.15) is 0 Å². The molecule has 1 aliphatic rings. The van der Waals surface area contributed by atoms with Gasteiger partial charge in [0.2, 0.25) is 15.9 Å². The first kappa shape index (κ1) is 23.2. The third kappa shape index (κ3) is 6.28. The van der Waals surface area contributed by atoms with E-state index >= 15 is 0 Å². The van der Waals surface area contributed by atoms with E-state index in [9.17, 15) is 13.2 Å². The second kappa shape index (κ2) is 10.7. The van der Waals surface area contributed by atoms with Crippen LogP contribution in [-0.2, 0) is 14.8 Å². The predicted molar refractivity (Wildman–Crippen MR) is 130 cm³/mol. The van der Waals surface area contributed by atoms with Gasteiger partial charge < -0.3 is 10.2 Å². The second-order valence-electron chi connectivity index (χ2n) is 8.08. The number of pyridine rings is 1. The van der Waals surface area contributed by atoms with E-state index in [-0.39, 0.29) is 17.3 Å². The van der Waals surface area contributed by atoms with Crippen molar-refractivity contribution in [3.63, 3.8) is 0 Å². The van der Waals surface area contributed by atoms with Gasteiger partial charge in [0.15, 0.2) is 0 Å². The van der Waals surface area contributed by atoms with Gasteiger partial charge in [-0.3, -0.25) is 14.7 Å². The maximum atomic E-state index is 12.6. The van der Waals surface area contributed by atoms with Gasteiger partial charge in [-0.05, 0) is 41.5 Å². The fraction of sp³-hybridized carbons (Fsp3) is 0.333. The zero-order chi connectivity index (χ0) is 23.1. The molecule has 174 valence electrons. The Balaban J connectivity index is 1.14. The standard InChI is InChI=1S/C24H29N5O3S/c30-24(19-28-14-16-29(17-15-28)22-8-12-25-13-9-22)26-10-3-11-27-33(31,32)23-7-6-20-4-1-2-5-21(20)18-23/h1-2,4-9,12-13,18,27H,3,10-11,14-17,19H2,(H,26,30). The van der Waals surface area contributed by atoms with Gasteiger partial charge >= 0.3 is 0 Å². The van der Waals surface area contributed by atoms with Crippen molar-refractivity contribution in [2.24, 2.45) is 0 Å². The number of carbonyl (C=O) groups is 1. The van der Waals surface area contributed by atoms with E-state index in [1.54, 1.807) is 30.6 Å². The lowest BCUT2D eigenvalue weighted by Gasteiger charge is -2.35. The first-order valence-corrected chi connectivity index (χ1v) is 12.6. The largest absolute Gasteiger partial charge is 0.369 e. The lowest BCUT2D eigenvalue weighted by atomic mass is 10.1. The molecule has 2 N–H and O–H groups in total. The minimum atomic E-state index is -3.58. The first-order valence-electron chi connectivity index (χ1n) is 11.1. The zero-order valence-electron chi connectivity index (χ0n) is 18.5. The average Bonchev–Trinajstić information content (AvgIpc) is 2.84. The molecule has 1 aromatic heterocycles. The highest BCUT2D eigenvalue weighted by Crippen LogP contribution is 2.19. The van der Waals surface area contributed by atoms with Crippen LogP contribution in [0.15, 0.2) is 71.9 Å². The number of hydrogen-bond acceptors (Lipinski definition) is 6. The normalized spacial score (nSPS) is 15.0. The van der Waals surface area contributed by atoms with E-state index in [1.165, 1.54) is 0 Å². The summed E-state index contributed by atoms with van der Waals surface area (Å²) >= 11 is 0. The van der Waals surface area contributed by atoms with Crippen LogP contribution < -0.4 is 14.9 Å². The number of amides is 1. The SMILES string of the molecule is O=C(CN1CCN(c2ccncc2)CC1)NCCCNS(=O)(=O)c1ccc2ccccc2c1. The Morgan fingerprint density at radius 3 is 2.39 bits per heavy atom. The maximum Gasteiger partial charge on any atom is 0.240 e. The summed E-state index contributed by atoms with van der Waals surface area (Å²) in [5, 5.41) is 4.77. The van der Waals surface area contributed by atoms with Crippen LogP contribution in [0.3, 0.4) is 0 Å². The molecular formula is C24H29N5O3S. The Morgan fingerprint density at radius 2 is 1.64 bits per heavy atom. The topological polar surface area (TPSA) is 94.6 Å². The van der Waals surface area contributed by atoms with Crippen LogP contribution in [0.5, 0.6) is 0 Å². The van der Waals surface area contributed by atoms with Gasteiger partial charge in [0, 0.05) is 57.3 Å². The van der Waals surface area contributed by atoms with Gasteiger partial charge in [0.1, 0.15) is 0 Å². The summed E-state index contributed by atoms with van der Waals surface area (Å²) < 4.78 is 27.7. The molecule has 4 rings (SSSR count). The smallest absolute Gasteiger partial charge is 0.240 e. The van der Waals surface area contributed by atoms with E-state index in [4.69, 9.17) is 0 Å². The van der Waals surface area contributed by atoms with Crippen molar-refractivity contribution < 1.29 is 13.2 Å². The van der Waals surface area contributed by atoms with E-state index in [0.717, 1.165) is 42.6 Å². The van der Waals surface area contributed by atoms with Crippen LogP contribution in [0, 0.1) is 0 Å². The number of benzene rings is 2. The van der Waals surface area contributed by atoms with Crippen molar-refractivity contribution in [1.29, 1.82) is 0 Å². The molecule has 0 atom stereocenters. The van der Waals surface area contributed by atoms with E-state index in [2.05, 4.69) is 24.8 Å². The Labute approximate surface area is 194 Å². The fourth-order valence-corrected chi connectivity index (χ4v) is 5.03. The number of anilines is 1. The molecule has 0 bridgehead atoms. The van der Waals surface area contributed by atoms with Crippen molar-refractivity contribution in [3.05, 3.63) is 67.0 Å². The molecule has 9 heteroatoms. The lowest BCUT2D eigenvalue weighted by Crippen LogP contribution is -2.49. The van der Waals surface area contributed by atoms with Crippen LogP contribution in [0.4, 0.5) is 5.69 Å². The molecule has 0 spiro atoms. The second-order valence-corrected chi connectivity index (χ2v) is 9.85. The van der Waals surface area contributed by atoms with Gasteiger partial charge in [-0.1, -0.05) is 30.3 Å². The quantitative estimate of drug-likeness (QED) is 0.467. The molecule has 1 fully saturated rings. The van der Waals surface area contributed by atoms with E-state index in [0.29, 0.717) is 19.5 Å². The van der Waals surface area contributed by atoms with Crippen molar-refractivity contribution in [2.75, 3.05) is 50.7 Å². The average molecular weight is 468 g/mol. The van der Waals surface area contributed by atoms with Gasteiger partial charge in [-0.25, -0.2) is 13.1 Å². The highest BCUT2D eigenvalue weighted by Gasteiger charge is 2.19. The molecule has 0 saturated carbocycles. The molecule has 1 saturated heterocycles. The number of nitrogens with one attached hydrogen (secondary N) is 2. The predicted octanol–water partition coefficient (Wildman–Crippen LogP) is 1.84. The summed E-state index contributed by atoms with van der Waals surface area (Å²) in [6.45, 7) is 4.42. The Morgan fingerprint density at radius 1 is 0.909 bits per heavy atom. The van der Waals surface area contributed by atoms with Crippen molar-refractivity contribution >= 4 is 32.4 Å². The molecule has 33 heavy (non-hydrogen) atoms. The summed E-state index contributed by atoms with van der Waals surface area (Å²) in [5.74, 6) is -0.0373. The molecule has 3 aromatic rings. The van der Waals surface area contributed by atoms with E-state index < -0.39 is 10.0 Å². The lowest BCUT2D eigenvalue weighted by molar-refractivity contribution is -0.122. The maximum absolute atomic E-state index is 12.6. The van der Waals surface area contributed by atoms with Crippen LogP contribution in [-0.4, -0.2) is 70.0 Å². The summed E-state index contributed by atoms with van der Waals surface area (Å²) in [7, 11) is -3.58. The van der Waals surface area contributed by atoms with Gasteiger partial charge in [0.25, 0.3) is 0 Å². The highest BCUT2D eigenvalue weighted by atomic mass is 32.2. The molecular weight excluding hydrogens is 438 g/mol. The monoisotopic (exact) mass is 467 g/mol. The number of sulfonamides is 1. The van der Waals surface area contributed by atoms with Crippen molar-refractivity contribution in [2.45, 2.75) is 11.3 Å². The van der Waals surface area contributed by atoms with Crippen LogP contribution >= 0.6 is 0 Å². The Bertz CT molecular complexity index is 1180. The third-order valence-corrected chi connectivity index (χ3v) is 7.23. The fourth-order valence-electron chi connectivity index (χ4n) is 3.92. The third-order valence-electron chi connectivity index (χ3n) is 5.77. The van der Waals surface area contributed by atoms with Gasteiger partial charge in [-0.15, -0.1) is 0 Å². The number of piperazine rings is 1. The number of nitrogens with zero attached hydrogens (tertiary/aromatic N) is 3. The molecule has 8 nitrogen and oxygen atoms in total. The number of aromatic nitrogens is 1.